The molecule has 2 atom stereocenters. The average molecular weight is 285 g/mol. The van der Waals surface area contributed by atoms with E-state index in [4.69, 9.17) is 22.1 Å². The lowest BCUT2D eigenvalue weighted by molar-refractivity contribution is -0.123. The van der Waals surface area contributed by atoms with Crippen LogP contribution in [0.5, 0.6) is 5.75 Å². The summed E-state index contributed by atoms with van der Waals surface area (Å²) in [5.74, 6) is 0.634. The minimum absolute atomic E-state index is 0.146. The van der Waals surface area contributed by atoms with Crippen LogP contribution >= 0.6 is 11.6 Å². The molecule has 1 rings (SSSR count). The molecule has 2 unspecified atom stereocenters. The van der Waals surface area contributed by atoms with Crippen LogP contribution < -0.4 is 15.8 Å². The van der Waals surface area contributed by atoms with Gasteiger partial charge in [-0.25, -0.2) is 0 Å². The summed E-state index contributed by atoms with van der Waals surface area (Å²) in [4.78, 5) is 11.9. The second-order valence-corrected chi connectivity index (χ2v) is 4.96. The maximum Gasteiger partial charge on any atom is 0.237 e. The van der Waals surface area contributed by atoms with Crippen LogP contribution in [0.15, 0.2) is 18.2 Å². The van der Waals surface area contributed by atoms with Crippen LogP contribution in [0.2, 0.25) is 5.02 Å². The molecule has 0 bridgehead atoms. The number of hydrogen-bond donors (Lipinski definition) is 2. The SMILES string of the molecule is CCC(C)C(N)C(=O)NCc1c(Cl)cccc1OC. The molecular weight excluding hydrogens is 264 g/mol. The molecule has 0 heterocycles. The van der Waals surface area contributed by atoms with Crippen molar-refractivity contribution in [3.63, 3.8) is 0 Å². The number of carbonyl (C=O) groups excluding carboxylic acids is 1. The zero-order valence-electron chi connectivity index (χ0n) is 11.6. The molecule has 0 saturated heterocycles. The van der Waals surface area contributed by atoms with Crippen LogP contribution in [0.25, 0.3) is 0 Å². The van der Waals surface area contributed by atoms with E-state index >= 15 is 0 Å². The van der Waals surface area contributed by atoms with Crippen molar-refractivity contribution in [1.82, 2.24) is 5.32 Å². The third-order valence-corrected chi connectivity index (χ3v) is 3.65. The van der Waals surface area contributed by atoms with Gasteiger partial charge >= 0.3 is 0 Å². The smallest absolute Gasteiger partial charge is 0.237 e. The Kier molecular flexibility index (Phi) is 6.12. The number of ether oxygens (including phenoxy) is 1. The fraction of sp³-hybridized carbons (Fsp3) is 0.500. The number of rotatable bonds is 6. The predicted octanol–water partition coefficient (Wildman–Crippen LogP) is 2.34. The van der Waals surface area contributed by atoms with E-state index in [1.165, 1.54) is 0 Å². The summed E-state index contributed by atoms with van der Waals surface area (Å²) in [5.41, 5.74) is 6.63. The molecule has 3 N–H and O–H groups in total. The van der Waals surface area contributed by atoms with Crippen molar-refractivity contribution < 1.29 is 9.53 Å². The highest BCUT2D eigenvalue weighted by molar-refractivity contribution is 6.31. The molecule has 0 aliphatic heterocycles. The van der Waals surface area contributed by atoms with E-state index in [9.17, 15) is 4.79 Å². The number of methoxy groups -OCH3 is 1. The fourth-order valence-corrected chi connectivity index (χ4v) is 1.94. The van der Waals surface area contributed by atoms with Gasteiger partial charge in [0.15, 0.2) is 0 Å². The minimum Gasteiger partial charge on any atom is -0.496 e. The van der Waals surface area contributed by atoms with Gasteiger partial charge in [0.25, 0.3) is 0 Å². The molecule has 0 aliphatic rings. The zero-order valence-corrected chi connectivity index (χ0v) is 12.3. The summed E-state index contributed by atoms with van der Waals surface area (Å²) < 4.78 is 5.22. The Balaban J connectivity index is 2.69. The second-order valence-electron chi connectivity index (χ2n) is 4.55. The molecule has 0 aromatic heterocycles. The van der Waals surface area contributed by atoms with Crippen LogP contribution in [0.3, 0.4) is 0 Å². The molecule has 106 valence electrons. The minimum atomic E-state index is -0.501. The van der Waals surface area contributed by atoms with E-state index in [0.29, 0.717) is 17.3 Å². The first kappa shape index (κ1) is 15.8. The van der Waals surface area contributed by atoms with Crippen molar-refractivity contribution in [2.45, 2.75) is 32.9 Å². The first-order valence-electron chi connectivity index (χ1n) is 6.35. The molecule has 19 heavy (non-hydrogen) atoms. The Hall–Kier alpha value is -1.26. The molecule has 1 amide bonds. The van der Waals surface area contributed by atoms with E-state index in [-0.39, 0.29) is 11.8 Å². The van der Waals surface area contributed by atoms with Crippen molar-refractivity contribution in [2.24, 2.45) is 11.7 Å². The highest BCUT2D eigenvalue weighted by Crippen LogP contribution is 2.25. The first-order chi connectivity index (χ1) is 9.01. The molecule has 1 aromatic carbocycles. The zero-order chi connectivity index (χ0) is 14.4. The monoisotopic (exact) mass is 284 g/mol. The normalized spacial score (nSPS) is 13.7. The summed E-state index contributed by atoms with van der Waals surface area (Å²) in [6.45, 7) is 4.28. The van der Waals surface area contributed by atoms with Gasteiger partial charge in [0.1, 0.15) is 5.75 Å². The largest absolute Gasteiger partial charge is 0.496 e. The molecule has 0 radical (unpaired) electrons. The summed E-state index contributed by atoms with van der Waals surface area (Å²) in [6.07, 6.45) is 0.865. The third-order valence-electron chi connectivity index (χ3n) is 3.29. The Morgan fingerprint density at radius 2 is 2.21 bits per heavy atom. The molecule has 0 fully saturated rings. The van der Waals surface area contributed by atoms with Crippen LogP contribution in [0.4, 0.5) is 0 Å². The second kappa shape index (κ2) is 7.36. The predicted molar refractivity (Wildman–Crippen MR) is 77.3 cm³/mol. The van der Waals surface area contributed by atoms with Gasteiger partial charge in [-0.05, 0) is 18.1 Å². The Morgan fingerprint density at radius 1 is 1.53 bits per heavy atom. The van der Waals surface area contributed by atoms with Gasteiger partial charge < -0.3 is 15.8 Å². The Bertz CT molecular complexity index is 437. The lowest BCUT2D eigenvalue weighted by Crippen LogP contribution is -2.44. The van der Waals surface area contributed by atoms with Crippen molar-refractivity contribution in [1.29, 1.82) is 0 Å². The van der Waals surface area contributed by atoms with E-state index in [1.807, 2.05) is 19.9 Å². The van der Waals surface area contributed by atoms with Crippen LogP contribution in [-0.4, -0.2) is 19.1 Å². The maximum absolute atomic E-state index is 11.9. The van der Waals surface area contributed by atoms with E-state index in [0.717, 1.165) is 12.0 Å². The quantitative estimate of drug-likeness (QED) is 0.843. The van der Waals surface area contributed by atoms with Gasteiger partial charge in [-0.15, -0.1) is 0 Å². The molecule has 4 nitrogen and oxygen atoms in total. The first-order valence-corrected chi connectivity index (χ1v) is 6.73. The van der Waals surface area contributed by atoms with E-state index < -0.39 is 6.04 Å². The molecular formula is C14H21ClN2O2. The van der Waals surface area contributed by atoms with E-state index in [1.54, 1.807) is 19.2 Å². The topological polar surface area (TPSA) is 64.4 Å². The summed E-state index contributed by atoms with van der Waals surface area (Å²) >= 11 is 6.10. The number of halogens is 1. The molecule has 5 heteroatoms. The maximum atomic E-state index is 11.9. The van der Waals surface area contributed by atoms with Crippen molar-refractivity contribution in [2.75, 3.05) is 7.11 Å². The summed E-state index contributed by atoms with van der Waals surface area (Å²) in [5, 5.41) is 3.37. The summed E-state index contributed by atoms with van der Waals surface area (Å²) in [6, 6.07) is 4.87. The molecule has 0 spiro atoms. The van der Waals surface area contributed by atoms with Gasteiger partial charge in [0.05, 0.1) is 13.2 Å². The summed E-state index contributed by atoms with van der Waals surface area (Å²) in [7, 11) is 1.57. The van der Waals surface area contributed by atoms with Gasteiger partial charge in [0.2, 0.25) is 5.91 Å². The van der Waals surface area contributed by atoms with E-state index in [2.05, 4.69) is 5.32 Å². The van der Waals surface area contributed by atoms with Crippen LogP contribution in [0, 0.1) is 5.92 Å². The molecule has 0 aliphatic carbocycles. The number of amides is 1. The Morgan fingerprint density at radius 3 is 2.79 bits per heavy atom. The van der Waals surface area contributed by atoms with Crippen LogP contribution in [-0.2, 0) is 11.3 Å². The lowest BCUT2D eigenvalue weighted by atomic mass is 9.99. The number of carbonyl (C=O) groups is 1. The fourth-order valence-electron chi connectivity index (χ4n) is 1.71. The standard InChI is InChI=1S/C14H21ClN2O2/c1-4-9(2)13(16)14(18)17-8-10-11(15)6-5-7-12(10)19-3/h5-7,9,13H,4,8,16H2,1-3H3,(H,17,18). The van der Waals surface area contributed by atoms with Gasteiger partial charge in [-0.3, -0.25) is 4.79 Å². The number of nitrogens with two attached hydrogens (primary N) is 1. The number of benzene rings is 1. The van der Waals surface area contributed by atoms with Crippen molar-refractivity contribution >= 4 is 17.5 Å². The van der Waals surface area contributed by atoms with Crippen LogP contribution in [0.1, 0.15) is 25.8 Å². The third kappa shape index (κ3) is 4.11. The van der Waals surface area contributed by atoms with Gasteiger partial charge in [-0.1, -0.05) is 37.9 Å². The van der Waals surface area contributed by atoms with Gasteiger partial charge in [0, 0.05) is 17.1 Å². The van der Waals surface area contributed by atoms with Crippen molar-refractivity contribution in [3.8, 4) is 5.75 Å². The number of hydrogen-bond acceptors (Lipinski definition) is 3. The average Bonchev–Trinajstić information content (AvgIpc) is 2.43. The van der Waals surface area contributed by atoms with Gasteiger partial charge in [-0.2, -0.15) is 0 Å². The highest BCUT2D eigenvalue weighted by Gasteiger charge is 2.19. The van der Waals surface area contributed by atoms with Crippen molar-refractivity contribution in [3.05, 3.63) is 28.8 Å². The molecule has 0 saturated carbocycles. The number of nitrogens with one attached hydrogen (secondary N) is 1. The lowest BCUT2D eigenvalue weighted by Gasteiger charge is -2.18. The molecule has 1 aromatic rings. The Labute approximate surface area is 119 Å². The highest BCUT2D eigenvalue weighted by atomic mass is 35.5.